The molecular weight excluding hydrogens is 212 g/mol. The fourth-order valence-corrected chi connectivity index (χ4v) is 0.894. The van der Waals surface area contributed by atoms with Gasteiger partial charge in [0.15, 0.2) is 17.3 Å². The minimum Gasteiger partial charge on any atom is -0.504 e. The number of allylic oxidation sites excluding steroid dienone is 1. The minimum absolute atomic E-state index is 0.298. The highest BCUT2D eigenvalue weighted by Gasteiger charge is 2.07. The summed E-state index contributed by atoms with van der Waals surface area (Å²) >= 11 is 0. The van der Waals surface area contributed by atoms with E-state index in [1.807, 2.05) is 6.92 Å². The quantitative estimate of drug-likeness (QED) is 0.313. The van der Waals surface area contributed by atoms with Crippen molar-refractivity contribution < 1.29 is 24.5 Å². The monoisotopic (exact) mass is 228 g/mol. The molecule has 0 aromatic rings. The van der Waals surface area contributed by atoms with Crippen LogP contribution in [0.1, 0.15) is 26.2 Å². The van der Waals surface area contributed by atoms with Crippen LogP contribution in [-0.2, 0) is 14.3 Å². The van der Waals surface area contributed by atoms with Gasteiger partial charge in [0.25, 0.3) is 0 Å². The molecule has 0 rings (SSSR count). The third-order valence-electron chi connectivity index (χ3n) is 1.79. The lowest BCUT2D eigenvalue weighted by Crippen LogP contribution is -2.01. The van der Waals surface area contributed by atoms with Crippen LogP contribution in [0.4, 0.5) is 0 Å². The summed E-state index contributed by atoms with van der Waals surface area (Å²) < 4.78 is 4.24. The van der Waals surface area contributed by atoms with Gasteiger partial charge in [-0.2, -0.15) is 0 Å². The molecule has 5 heteroatoms. The average Bonchev–Trinajstić information content (AvgIpc) is 2.25. The molecule has 0 amide bonds. The summed E-state index contributed by atoms with van der Waals surface area (Å²) in [4.78, 5) is 21.9. The highest BCUT2D eigenvalue weighted by molar-refractivity contribution is 5.91. The van der Waals surface area contributed by atoms with E-state index in [4.69, 9.17) is 0 Å². The summed E-state index contributed by atoms with van der Waals surface area (Å²) in [5, 5.41) is 18.4. The molecule has 0 atom stereocenters. The molecule has 0 radical (unpaired) electrons. The number of carbonyl (C=O) groups is 2. The van der Waals surface area contributed by atoms with E-state index in [1.165, 1.54) is 0 Å². The largest absolute Gasteiger partial charge is 0.504 e. The fourth-order valence-electron chi connectivity index (χ4n) is 0.894. The first-order valence-electron chi connectivity index (χ1n) is 4.93. The lowest BCUT2D eigenvalue weighted by molar-refractivity contribution is -0.135. The Morgan fingerprint density at radius 1 is 1.19 bits per heavy atom. The number of methoxy groups -OCH3 is 1. The standard InChI is InChI=1S/C11H16O5/c1-3-4-5-8(12)6-9(13)10(14)7-11(15)16-2/h6-7,13-14H,3-5H2,1-2H3. The van der Waals surface area contributed by atoms with E-state index in [0.29, 0.717) is 18.9 Å². The third kappa shape index (κ3) is 5.85. The maximum atomic E-state index is 11.2. The SMILES string of the molecule is CCCCC(=O)C=C(O)C(O)=CC(=O)OC. The van der Waals surface area contributed by atoms with E-state index in [-0.39, 0.29) is 5.78 Å². The highest BCUT2D eigenvalue weighted by Crippen LogP contribution is 2.05. The molecular formula is C11H16O5. The molecule has 90 valence electrons. The number of aliphatic hydroxyl groups excluding tert-OH is 2. The zero-order valence-electron chi connectivity index (χ0n) is 9.40. The minimum atomic E-state index is -0.807. The first-order valence-corrected chi connectivity index (χ1v) is 4.93. The van der Waals surface area contributed by atoms with Crippen molar-refractivity contribution in [3.8, 4) is 0 Å². The molecule has 0 aliphatic carbocycles. The molecule has 0 spiro atoms. The van der Waals surface area contributed by atoms with Crippen LogP contribution in [0, 0.1) is 0 Å². The molecule has 0 heterocycles. The number of esters is 1. The number of ether oxygens (including phenoxy) is 1. The summed E-state index contributed by atoms with van der Waals surface area (Å²) in [6.45, 7) is 1.94. The van der Waals surface area contributed by atoms with Gasteiger partial charge in [-0.15, -0.1) is 0 Å². The van der Waals surface area contributed by atoms with Gasteiger partial charge in [-0.1, -0.05) is 13.3 Å². The Labute approximate surface area is 94.0 Å². The van der Waals surface area contributed by atoms with Crippen LogP contribution in [0.2, 0.25) is 0 Å². The normalized spacial score (nSPS) is 12.4. The smallest absolute Gasteiger partial charge is 0.334 e. The van der Waals surface area contributed by atoms with Crippen LogP contribution in [0.25, 0.3) is 0 Å². The molecule has 0 unspecified atom stereocenters. The Balaban J connectivity index is 4.47. The molecule has 0 aliphatic heterocycles. The summed E-state index contributed by atoms with van der Waals surface area (Å²) in [7, 11) is 1.14. The second kappa shape index (κ2) is 7.50. The Hall–Kier alpha value is -1.78. The van der Waals surface area contributed by atoms with Gasteiger partial charge in [0.05, 0.1) is 13.2 Å². The zero-order chi connectivity index (χ0) is 12.6. The molecule has 2 N–H and O–H groups in total. The van der Waals surface area contributed by atoms with Gasteiger partial charge in [0.2, 0.25) is 0 Å². The van der Waals surface area contributed by atoms with Gasteiger partial charge in [0, 0.05) is 12.5 Å². The predicted octanol–water partition coefficient (Wildman–Crippen LogP) is 1.80. The van der Waals surface area contributed by atoms with E-state index >= 15 is 0 Å². The van der Waals surface area contributed by atoms with Crippen LogP contribution in [-0.4, -0.2) is 29.1 Å². The van der Waals surface area contributed by atoms with E-state index in [1.54, 1.807) is 0 Å². The topological polar surface area (TPSA) is 83.8 Å². The van der Waals surface area contributed by atoms with Gasteiger partial charge in [-0.3, -0.25) is 4.79 Å². The van der Waals surface area contributed by atoms with Crippen molar-refractivity contribution >= 4 is 11.8 Å². The summed E-state index contributed by atoms with van der Waals surface area (Å²) in [5.74, 6) is -2.43. The summed E-state index contributed by atoms with van der Waals surface area (Å²) in [6, 6.07) is 0. The Bertz CT molecular complexity index is 314. The van der Waals surface area contributed by atoms with Crippen LogP contribution in [0.15, 0.2) is 23.7 Å². The maximum Gasteiger partial charge on any atom is 0.334 e. The first-order chi connectivity index (χ1) is 7.51. The van der Waals surface area contributed by atoms with Crippen molar-refractivity contribution in [2.45, 2.75) is 26.2 Å². The predicted molar refractivity (Wildman–Crippen MR) is 58.0 cm³/mol. The molecule has 0 bridgehead atoms. The van der Waals surface area contributed by atoms with Crippen LogP contribution >= 0.6 is 0 Å². The molecule has 16 heavy (non-hydrogen) atoms. The second-order valence-corrected chi connectivity index (χ2v) is 3.15. The van der Waals surface area contributed by atoms with Gasteiger partial charge in [-0.05, 0) is 6.42 Å². The number of hydrogen-bond acceptors (Lipinski definition) is 5. The van der Waals surface area contributed by atoms with E-state index in [9.17, 15) is 19.8 Å². The Morgan fingerprint density at radius 2 is 1.75 bits per heavy atom. The van der Waals surface area contributed by atoms with Crippen LogP contribution < -0.4 is 0 Å². The van der Waals surface area contributed by atoms with Crippen molar-refractivity contribution in [1.29, 1.82) is 0 Å². The maximum absolute atomic E-state index is 11.2. The second-order valence-electron chi connectivity index (χ2n) is 3.15. The molecule has 0 fully saturated rings. The third-order valence-corrected chi connectivity index (χ3v) is 1.79. The van der Waals surface area contributed by atoms with Crippen molar-refractivity contribution in [2.24, 2.45) is 0 Å². The first kappa shape index (κ1) is 14.2. The van der Waals surface area contributed by atoms with Crippen molar-refractivity contribution in [3.63, 3.8) is 0 Å². The van der Waals surface area contributed by atoms with Crippen molar-refractivity contribution in [3.05, 3.63) is 23.7 Å². The van der Waals surface area contributed by atoms with Crippen molar-refractivity contribution in [1.82, 2.24) is 0 Å². The van der Waals surface area contributed by atoms with Crippen LogP contribution in [0.3, 0.4) is 0 Å². The van der Waals surface area contributed by atoms with E-state index < -0.39 is 17.5 Å². The molecule has 0 saturated carbocycles. The van der Waals surface area contributed by atoms with Crippen molar-refractivity contribution in [2.75, 3.05) is 7.11 Å². The number of unbranched alkanes of at least 4 members (excludes halogenated alkanes) is 1. The number of aliphatic hydroxyl groups is 2. The summed E-state index contributed by atoms with van der Waals surface area (Å²) in [6.07, 6.45) is 3.46. The molecule has 0 saturated heterocycles. The Morgan fingerprint density at radius 3 is 2.25 bits per heavy atom. The van der Waals surface area contributed by atoms with E-state index in [2.05, 4.69) is 4.74 Å². The van der Waals surface area contributed by atoms with Crippen LogP contribution in [0.5, 0.6) is 0 Å². The molecule has 0 aromatic heterocycles. The van der Waals surface area contributed by atoms with Gasteiger partial charge in [-0.25, -0.2) is 4.79 Å². The Kier molecular flexibility index (Phi) is 6.67. The number of ketones is 1. The number of hydrogen-bond donors (Lipinski definition) is 2. The molecule has 0 aromatic carbocycles. The number of carbonyl (C=O) groups excluding carboxylic acids is 2. The average molecular weight is 228 g/mol. The van der Waals surface area contributed by atoms with Gasteiger partial charge in [0.1, 0.15) is 0 Å². The lowest BCUT2D eigenvalue weighted by atomic mass is 10.1. The van der Waals surface area contributed by atoms with Gasteiger partial charge < -0.3 is 14.9 Å². The molecule has 5 nitrogen and oxygen atoms in total. The number of rotatable bonds is 6. The van der Waals surface area contributed by atoms with E-state index in [0.717, 1.165) is 19.6 Å². The van der Waals surface area contributed by atoms with Gasteiger partial charge >= 0.3 is 5.97 Å². The molecule has 0 aliphatic rings. The highest BCUT2D eigenvalue weighted by atomic mass is 16.5. The summed E-state index contributed by atoms with van der Waals surface area (Å²) in [5.41, 5.74) is 0. The zero-order valence-corrected chi connectivity index (χ0v) is 9.40. The fraction of sp³-hybridized carbons (Fsp3) is 0.455. The lowest BCUT2D eigenvalue weighted by Gasteiger charge is -1.98.